The molecule has 64 valence electrons. The average Bonchev–Trinajstić information content (AvgIpc) is 1.97. The molecule has 0 aromatic carbocycles. The van der Waals surface area contributed by atoms with E-state index in [1.165, 1.54) is 12.4 Å². The maximum atomic E-state index is 10.2. The Balaban J connectivity index is 3.04. The minimum absolute atomic E-state index is 0.394. The number of carbonyl (C=O) groups is 1. The van der Waals surface area contributed by atoms with E-state index in [4.69, 9.17) is 0 Å². The van der Waals surface area contributed by atoms with Gasteiger partial charge < -0.3 is 15.2 Å². The van der Waals surface area contributed by atoms with Gasteiger partial charge in [-0.15, -0.1) is 0 Å². The number of pyridine rings is 1. The maximum Gasteiger partial charge on any atom is 0.138 e. The summed E-state index contributed by atoms with van der Waals surface area (Å²) in [6, 6.07) is 0. The van der Waals surface area contributed by atoms with E-state index in [-0.39, 0.29) is 0 Å². The number of carboxylic acid groups (broad SMARTS) is 1. The monoisotopic (exact) mass is 293 g/mol. The van der Waals surface area contributed by atoms with Crippen molar-refractivity contribution in [3.8, 4) is 0 Å². The van der Waals surface area contributed by atoms with Gasteiger partial charge in [0.25, 0.3) is 0 Å². The highest BCUT2D eigenvalue weighted by Crippen LogP contribution is 2.28. The number of hydrogen-bond acceptors (Lipinski definition) is 3. The van der Waals surface area contributed by atoms with Crippen molar-refractivity contribution in [3.05, 3.63) is 21.3 Å². The summed E-state index contributed by atoms with van der Waals surface area (Å²) in [6.07, 6.45) is 1.61. The van der Waals surface area contributed by atoms with Crippen LogP contribution in [-0.2, 0) is 0 Å². The van der Waals surface area contributed by atoms with Gasteiger partial charge in [0.15, 0.2) is 0 Å². The third kappa shape index (κ3) is 2.18. The molecule has 0 aliphatic heterocycles. The minimum Gasteiger partial charge on any atom is -0.530 e. The summed E-state index contributed by atoms with van der Waals surface area (Å²) in [5.41, 5.74) is 0.394. The van der Waals surface area contributed by atoms with Crippen LogP contribution < -0.4 is 10.4 Å². The molecule has 0 atom stereocenters. The summed E-state index contributed by atoms with van der Waals surface area (Å²) < 4.78 is 1.11. The molecule has 0 bridgehead atoms. The second kappa shape index (κ2) is 3.86. The molecule has 4 nitrogen and oxygen atoms in total. The highest BCUT2D eigenvalue weighted by atomic mass is 79.9. The van der Waals surface area contributed by atoms with Gasteiger partial charge in [-0.2, -0.15) is 0 Å². The van der Waals surface area contributed by atoms with Gasteiger partial charge in [0.05, 0.1) is 14.6 Å². The van der Waals surface area contributed by atoms with Crippen molar-refractivity contribution in [1.82, 2.24) is 4.98 Å². The number of amides is 1. The molecule has 1 heterocycles. The Morgan fingerprint density at radius 1 is 1.42 bits per heavy atom. The number of aromatic nitrogens is 1. The number of carbonyl (C=O) groups excluding carboxylic acids is 1. The molecule has 1 aromatic heterocycles. The van der Waals surface area contributed by atoms with Crippen LogP contribution in [0.25, 0.3) is 0 Å². The predicted molar refractivity (Wildman–Crippen MR) is 48.7 cm³/mol. The Morgan fingerprint density at radius 2 is 1.92 bits per heavy atom. The fourth-order valence-electron chi connectivity index (χ4n) is 0.633. The second-order valence-corrected chi connectivity index (χ2v) is 3.60. The lowest BCUT2D eigenvalue weighted by Gasteiger charge is -2.09. The van der Waals surface area contributed by atoms with Crippen molar-refractivity contribution in [2.24, 2.45) is 0 Å². The fraction of sp³-hybridized carbons (Fsp3) is 0. The van der Waals surface area contributed by atoms with Crippen LogP contribution in [0.3, 0.4) is 0 Å². The highest BCUT2D eigenvalue weighted by Gasteiger charge is 2.03. The van der Waals surface area contributed by atoms with Crippen molar-refractivity contribution in [1.29, 1.82) is 0 Å². The zero-order valence-corrected chi connectivity index (χ0v) is 8.85. The van der Waals surface area contributed by atoms with Crippen LogP contribution in [0, 0.1) is 0 Å². The molecular formula is C6H3Br2N2O2-. The molecule has 0 aliphatic carbocycles. The third-order valence-electron chi connectivity index (χ3n) is 1.08. The first-order chi connectivity index (χ1) is 5.61. The van der Waals surface area contributed by atoms with Crippen molar-refractivity contribution in [2.75, 3.05) is 5.32 Å². The summed E-state index contributed by atoms with van der Waals surface area (Å²) in [7, 11) is 0. The van der Waals surface area contributed by atoms with Crippen molar-refractivity contribution in [2.45, 2.75) is 0 Å². The Labute approximate surface area is 85.3 Å². The van der Waals surface area contributed by atoms with Gasteiger partial charge >= 0.3 is 0 Å². The van der Waals surface area contributed by atoms with Crippen molar-refractivity contribution in [3.63, 3.8) is 0 Å². The summed E-state index contributed by atoms with van der Waals surface area (Å²) in [6.45, 7) is 0. The molecule has 0 aliphatic rings. The van der Waals surface area contributed by atoms with E-state index in [1.807, 2.05) is 0 Å². The largest absolute Gasteiger partial charge is 0.530 e. The molecule has 0 fully saturated rings. The molecule has 1 rings (SSSR count). The zero-order valence-electron chi connectivity index (χ0n) is 5.67. The van der Waals surface area contributed by atoms with E-state index < -0.39 is 6.09 Å². The normalized spacial score (nSPS) is 9.50. The van der Waals surface area contributed by atoms with E-state index in [1.54, 1.807) is 0 Å². The van der Waals surface area contributed by atoms with E-state index in [9.17, 15) is 9.90 Å². The summed E-state index contributed by atoms with van der Waals surface area (Å²) in [5, 5.41) is 12.3. The molecule has 1 amide bonds. The number of rotatable bonds is 1. The minimum atomic E-state index is -1.36. The topological polar surface area (TPSA) is 65.0 Å². The quantitative estimate of drug-likeness (QED) is 0.850. The standard InChI is InChI=1S/C6H4Br2N2O2/c7-3-1-9-2-4(8)5(3)10-6(11)12/h1-2H,(H,9,10)(H,11,12)/p-1. The molecule has 0 saturated carbocycles. The van der Waals surface area contributed by atoms with Gasteiger partial charge in [0.1, 0.15) is 6.09 Å². The summed E-state index contributed by atoms with van der Waals surface area (Å²) >= 11 is 6.26. The molecule has 1 N–H and O–H groups in total. The lowest BCUT2D eigenvalue weighted by Crippen LogP contribution is -2.29. The summed E-state index contributed by atoms with van der Waals surface area (Å²) in [5.74, 6) is 0. The lowest BCUT2D eigenvalue weighted by molar-refractivity contribution is -0.242. The van der Waals surface area contributed by atoms with Gasteiger partial charge in [-0.1, -0.05) is 0 Å². The van der Waals surface area contributed by atoms with Crippen LogP contribution >= 0.6 is 31.9 Å². The van der Waals surface area contributed by atoms with Crippen LogP contribution in [-0.4, -0.2) is 11.1 Å². The van der Waals surface area contributed by atoms with Crippen LogP contribution in [0.1, 0.15) is 0 Å². The Kier molecular flexibility index (Phi) is 3.05. The average molecular weight is 295 g/mol. The van der Waals surface area contributed by atoms with E-state index >= 15 is 0 Å². The van der Waals surface area contributed by atoms with Gasteiger partial charge in [0.2, 0.25) is 0 Å². The van der Waals surface area contributed by atoms with Gasteiger partial charge in [-0.25, -0.2) is 0 Å². The third-order valence-corrected chi connectivity index (χ3v) is 2.28. The van der Waals surface area contributed by atoms with E-state index in [2.05, 4.69) is 42.2 Å². The number of nitrogens with zero attached hydrogens (tertiary/aromatic N) is 1. The second-order valence-electron chi connectivity index (χ2n) is 1.89. The first-order valence-electron chi connectivity index (χ1n) is 2.88. The summed E-state index contributed by atoms with van der Waals surface area (Å²) in [4.78, 5) is 14.0. The van der Waals surface area contributed by atoms with Gasteiger partial charge in [0, 0.05) is 12.4 Å². The molecule has 0 radical (unpaired) electrons. The zero-order chi connectivity index (χ0) is 9.14. The van der Waals surface area contributed by atoms with E-state index in [0.717, 1.165) is 0 Å². The smallest absolute Gasteiger partial charge is 0.138 e. The molecule has 12 heavy (non-hydrogen) atoms. The predicted octanol–water partition coefficient (Wildman–Crippen LogP) is 1.36. The van der Waals surface area contributed by atoms with Crippen LogP contribution in [0.5, 0.6) is 0 Å². The number of halogens is 2. The fourth-order valence-corrected chi connectivity index (χ4v) is 1.76. The number of anilines is 1. The first-order valence-corrected chi connectivity index (χ1v) is 4.47. The van der Waals surface area contributed by atoms with Gasteiger partial charge in [-0.05, 0) is 31.9 Å². The number of hydrogen-bond donors (Lipinski definition) is 1. The van der Waals surface area contributed by atoms with Crippen LogP contribution in [0.15, 0.2) is 21.3 Å². The van der Waals surface area contributed by atoms with Crippen LogP contribution in [0.4, 0.5) is 10.5 Å². The van der Waals surface area contributed by atoms with Gasteiger partial charge in [-0.3, -0.25) is 4.98 Å². The van der Waals surface area contributed by atoms with Crippen molar-refractivity contribution < 1.29 is 9.90 Å². The molecule has 6 heteroatoms. The Hall–Kier alpha value is -0.620. The Bertz CT molecular complexity index is 296. The van der Waals surface area contributed by atoms with Crippen molar-refractivity contribution >= 4 is 43.6 Å². The lowest BCUT2D eigenvalue weighted by atomic mass is 10.4. The number of nitrogens with one attached hydrogen (secondary N) is 1. The Morgan fingerprint density at radius 3 is 2.33 bits per heavy atom. The molecule has 1 aromatic rings. The molecular weight excluding hydrogens is 292 g/mol. The van der Waals surface area contributed by atoms with Crippen LogP contribution in [0.2, 0.25) is 0 Å². The first kappa shape index (κ1) is 9.47. The molecule has 0 saturated heterocycles. The van der Waals surface area contributed by atoms with E-state index in [0.29, 0.717) is 14.6 Å². The molecule has 0 unspecified atom stereocenters. The molecule has 0 spiro atoms. The SMILES string of the molecule is O=C([O-])Nc1c(Br)cncc1Br. The highest BCUT2D eigenvalue weighted by molar-refractivity contribution is 9.11. The maximum absolute atomic E-state index is 10.2.